The second-order valence-corrected chi connectivity index (χ2v) is 4.78. The maximum Gasteiger partial charge on any atom is 0.255 e. The summed E-state index contributed by atoms with van der Waals surface area (Å²) in [5, 5.41) is 12.4. The van der Waals surface area contributed by atoms with E-state index in [-0.39, 0.29) is 11.7 Å². The van der Waals surface area contributed by atoms with Gasteiger partial charge in [-0.25, -0.2) is 0 Å². The number of aromatic nitrogens is 1. The van der Waals surface area contributed by atoms with Crippen molar-refractivity contribution >= 4 is 11.6 Å². The molecular weight excluding hydrogens is 292 g/mol. The van der Waals surface area contributed by atoms with Gasteiger partial charge in [0.15, 0.2) is 0 Å². The Kier molecular flexibility index (Phi) is 4.20. The highest BCUT2D eigenvalue weighted by molar-refractivity contribution is 6.05. The number of rotatable bonds is 4. The third-order valence-corrected chi connectivity index (χ3v) is 3.13. The summed E-state index contributed by atoms with van der Waals surface area (Å²) in [5.74, 6) is 0.871. The summed E-state index contributed by atoms with van der Waals surface area (Å²) in [6.07, 6.45) is 3.26. The van der Waals surface area contributed by atoms with Gasteiger partial charge in [-0.15, -0.1) is 0 Å². The topological polar surface area (TPSA) is 71.5 Å². The third kappa shape index (κ3) is 3.65. The maximum absolute atomic E-state index is 12.3. The number of amides is 1. The Morgan fingerprint density at radius 1 is 0.957 bits per heavy atom. The number of carbonyl (C=O) groups excluding carboxylic acids is 1. The summed E-state index contributed by atoms with van der Waals surface area (Å²) in [7, 11) is 0. The van der Waals surface area contributed by atoms with Crippen molar-refractivity contribution in [1.82, 2.24) is 4.98 Å². The van der Waals surface area contributed by atoms with Crippen LogP contribution >= 0.6 is 0 Å². The van der Waals surface area contributed by atoms with Gasteiger partial charge in [0.05, 0.1) is 5.69 Å². The van der Waals surface area contributed by atoms with Crippen LogP contribution < -0.4 is 10.1 Å². The van der Waals surface area contributed by atoms with Crippen molar-refractivity contribution in [2.24, 2.45) is 0 Å². The van der Waals surface area contributed by atoms with Crippen LogP contribution in [0.5, 0.6) is 17.2 Å². The molecule has 1 aromatic heterocycles. The quantitative estimate of drug-likeness (QED) is 0.719. The van der Waals surface area contributed by atoms with Crippen LogP contribution in [-0.2, 0) is 0 Å². The molecule has 0 atom stereocenters. The van der Waals surface area contributed by atoms with E-state index in [1.165, 1.54) is 6.07 Å². The van der Waals surface area contributed by atoms with E-state index in [1.807, 2.05) is 0 Å². The van der Waals surface area contributed by atoms with E-state index in [9.17, 15) is 9.90 Å². The molecule has 3 aromatic rings. The van der Waals surface area contributed by atoms with E-state index in [0.717, 1.165) is 0 Å². The smallest absolute Gasteiger partial charge is 0.255 e. The summed E-state index contributed by atoms with van der Waals surface area (Å²) >= 11 is 0. The average Bonchev–Trinajstić information content (AvgIpc) is 2.58. The number of pyridine rings is 1. The molecule has 2 N–H and O–H groups in total. The average molecular weight is 306 g/mol. The van der Waals surface area contributed by atoms with Crippen LogP contribution in [0.25, 0.3) is 0 Å². The van der Waals surface area contributed by atoms with Gasteiger partial charge in [-0.3, -0.25) is 9.78 Å². The molecule has 0 aliphatic carbocycles. The Bertz CT molecular complexity index is 819. The number of benzene rings is 2. The van der Waals surface area contributed by atoms with Crippen LogP contribution in [0.15, 0.2) is 73.1 Å². The predicted octanol–water partition coefficient (Wildman–Crippen LogP) is 3.83. The highest BCUT2D eigenvalue weighted by Crippen LogP contribution is 2.24. The van der Waals surface area contributed by atoms with Crippen molar-refractivity contribution in [3.63, 3.8) is 0 Å². The van der Waals surface area contributed by atoms with Gasteiger partial charge in [-0.1, -0.05) is 18.2 Å². The Hall–Kier alpha value is -3.34. The molecule has 0 spiro atoms. The van der Waals surface area contributed by atoms with Gasteiger partial charge in [0.25, 0.3) is 5.91 Å². The fraction of sp³-hybridized carbons (Fsp3) is 0. The first-order valence-corrected chi connectivity index (χ1v) is 7.00. The molecule has 5 heteroatoms. The van der Waals surface area contributed by atoms with Crippen LogP contribution in [0.1, 0.15) is 10.4 Å². The number of hydrogen-bond acceptors (Lipinski definition) is 4. The van der Waals surface area contributed by atoms with E-state index >= 15 is 0 Å². The van der Waals surface area contributed by atoms with Crippen LogP contribution in [0.2, 0.25) is 0 Å². The monoisotopic (exact) mass is 306 g/mol. The summed E-state index contributed by atoms with van der Waals surface area (Å²) in [5.41, 5.74) is 0.790. The zero-order valence-corrected chi connectivity index (χ0v) is 12.1. The van der Waals surface area contributed by atoms with Crippen molar-refractivity contribution in [3.05, 3.63) is 78.6 Å². The first-order valence-electron chi connectivity index (χ1n) is 7.00. The number of aromatic hydroxyl groups is 1. The molecule has 0 fully saturated rings. The highest BCUT2D eigenvalue weighted by atomic mass is 16.5. The van der Waals surface area contributed by atoms with E-state index < -0.39 is 0 Å². The molecule has 0 bridgehead atoms. The minimum Gasteiger partial charge on any atom is -0.506 e. The number of anilines is 1. The van der Waals surface area contributed by atoms with Crippen LogP contribution in [-0.4, -0.2) is 16.0 Å². The highest BCUT2D eigenvalue weighted by Gasteiger charge is 2.09. The molecule has 2 aromatic carbocycles. The Morgan fingerprint density at radius 2 is 1.74 bits per heavy atom. The molecule has 0 aliphatic heterocycles. The number of ether oxygens (including phenoxy) is 1. The summed E-state index contributed by atoms with van der Waals surface area (Å²) in [4.78, 5) is 16.2. The molecule has 1 heterocycles. The molecule has 0 saturated carbocycles. The van der Waals surface area contributed by atoms with Crippen molar-refractivity contribution in [3.8, 4) is 17.2 Å². The number of nitrogens with zero attached hydrogens (tertiary/aromatic N) is 1. The molecule has 114 valence electrons. The van der Waals surface area contributed by atoms with Gasteiger partial charge in [-0.05, 0) is 42.5 Å². The van der Waals surface area contributed by atoms with Crippen LogP contribution in [0, 0.1) is 0 Å². The number of hydrogen-bond donors (Lipinski definition) is 2. The standard InChI is InChI=1S/C18H14N2O3/c21-17-7-2-1-6-16(17)20-18(22)13-4-3-5-15(12-13)23-14-8-10-19-11-9-14/h1-12,21H,(H,20,22). The minimum atomic E-state index is -0.327. The molecular formula is C18H14N2O3. The largest absolute Gasteiger partial charge is 0.506 e. The number of nitrogens with one attached hydrogen (secondary N) is 1. The number of phenolic OH excluding ortho intramolecular Hbond substituents is 1. The second kappa shape index (κ2) is 6.62. The summed E-state index contributed by atoms with van der Waals surface area (Å²) in [6, 6.07) is 16.8. The molecule has 0 aliphatic rings. The fourth-order valence-electron chi connectivity index (χ4n) is 2.02. The maximum atomic E-state index is 12.3. The summed E-state index contributed by atoms with van der Waals surface area (Å²) < 4.78 is 5.67. The molecule has 23 heavy (non-hydrogen) atoms. The fourth-order valence-corrected chi connectivity index (χ4v) is 2.02. The Labute approximate surface area is 133 Å². The third-order valence-electron chi connectivity index (χ3n) is 3.13. The van der Waals surface area contributed by atoms with Gasteiger partial charge in [0.2, 0.25) is 0 Å². The minimum absolute atomic E-state index is 0.0186. The van der Waals surface area contributed by atoms with Gasteiger partial charge in [-0.2, -0.15) is 0 Å². The van der Waals surface area contributed by atoms with Crippen molar-refractivity contribution in [1.29, 1.82) is 0 Å². The van der Waals surface area contributed by atoms with Gasteiger partial charge in [0, 0.05) is 18.0 Å². The van der Waals surface area contributed by atoms with Gasteiger partial charge < -0.3 is 15.2 Å². The molecule has 0 saturated heterocycles. The molecule has 1 amide bonds. The molecule has 5 nitrogen and oxygen atoms in total. The van der Waals surface area contributed by atoms with Crippen LogP contribution in [0.3, 0.4) is 0 Å². The summed E-state index contributed by atoms with van der Waals surface area (Å²) in [6.45, 7) is 0. The molecule has 3 rings (SSSR count). The van der Waals surface area contributed by atoms with Crippen molar-refractivity contribution in [2.75, 3.05) is 5.32 Å². The van der Waals surface area contributed by atoms with Gasteiger partial charge in [0.1, 0.15) is 17.2 Å². The lowest BCUT2D eigenvalue weighted by atomic mass is 10.2. The zero-order valence-electron chi connectivity index (χ0n) is 12.1. The first-order chi connectivity index (χ1) is 11.2. The number of para-hydroxylation sites is 2. The van der Waals surface area contributed by atoms with E-state index in [2.05, 4.69) is 10.3 Å². The second-order valence-electron chi connectivity index (χ2n) is 4.78. The Balaban J connectivity index is 1.77. The lowest BCUT2D eigenvalue weighted by molar-refractivity contribution is 0.102. The van der Waals surface area contributed by atoms with E-state index in [4.69, 9.17) is 4.74 Å². The normalized spacial score (nSPS) is 10.1. The first kappa shape index (κ1) is 14.6. The molecule has 0 unspecified atom stereocenters. The SMILES string of the molecule is O=C(Nc1ccccc1O)c1cccc(Oc2ccncc2)c1. The number of phenols is 1. The predicted molar refractivity (Wildman–Crippen MR) is 86.8 cm³/mol. The van der Waals surface area contributed by atoms with E-state index in [0.29, 0.717) is 22.7 Å². The number of carbonyl (C=O) groups is 1. The van der Waals surface area contributed by atoms with Crippen molar-refractivity contribution < 1.29 is 14.6 Å². The molecule has 0 radical (unpaired) electrons. The van der Waals surface area contributed by atoms with Crippen LogP contribution in [0.4, 0.5) is 5.69 Å². The lowest BCUT2D eigenvalue weighted by Gasteiger charge is -2.09. The van der Waals surface area contributed by atoms with Crippen molar-refractivity contribution in [2.45, 2.75) is 0 Å². The lowest BCUT2D eigenvalue weighted by Crippen LogP contribution is -2.11. The Morgan fingerprint density at radius 3 is 2.52 bits per heavy atom. The van der Waals surface area contributed by atoms with Gasteiger partial charge >= 0.3 is 0 Å². The van der Waals surface area contributed by atoms with E-state index in [1.54, 1.807) is 67.0 Å². The zero-order chi connectivity index (χ0) is 16.1.